The van der Waals surface area contributed by atoms with Crippen molar-refractivity contribution in [2.75, 3.05) is 58.1 Å². The number of unbranched alkanes of at least 4 members (excludes halogenated alkanes) is 1. The normalized spacial score (nSPS) is 11.6. The molecule has 10 nitrogen and oxygen atoms in total. The summed E-state index contributed by atoms with van der Waals surface area (Å²) >= 11 is 0. The molecule has 0 saturated carbocycles. The van der Waals surface area contributed by atoms with Crippen molar-refractivity contribution in [2.24, 2.45) is 0 Å². The van der Waals surface area contributed by atoms with Crippen LogP contribution < -0.4 is 16.0 Å². The fourth-order valence-electron chi connectivity index (χ4n) is 3.06. The van der Waals surface area contributed by atoms with E-state index >= 15 is 0 Å². The third-order valence-electron chi connectivity index (χ3n) is 5.41. The average molecular weight is 543 g/mol. The van der Waals surface area contributed by atoms with Crippen LogP contribution >= 0.6 is 0 Å². The van der Waals surface area contributed by atoms with Gasteiger partial charge in [0.2, 0.25) is 23.7 Å². The highest BCUT2D eigenvalue weighted by atomic mass is 19.1. The predicted octanol–water partition coefficient (Wildman–Crippen LogP) is 2.74. The fourth-order valence-corrected chi connectivity index (χ4v) is 3.06. The molecule has 0 aliphatic carbocycles. The minimum Gasteiger partial charge on any atom is -0.369 e. The number of hydrogen-bond acceptors (Lipinski definition) is 8. The number of halogens is 2. The van der Waals surface area contributed by atoms with E-state index in [-0.39, 0.29) is 17.8 Å². The second-order valence-electron chi connectivity index (χ2n) is 8.91. The lowest BCUT2D eigenvalue weighted by Crippen LogP contribution is -2.45. The number of carbonyl (C=O) groups excluding carboxylic acids is 2. The van der Waals surface area contributed by atoms with Crippen molar-refractivity contribution in [3.05, 3.63) is 48.2 Å². The molecule has 0 fully saturated rings. The maximum absolute atomic E-state index is 13.0. The fraction of sp³-hybridized carbons (Fsp3) is 0.444. The van der Waals surface area contributed by atoms with E-state index in [4.69, 9.17) is 0 Å². The summed E-state index contributed by atoms with van der Waals surface area (Å²) in [6.07, 6.45) is 7.50. The number of rotatable bonds is 14. The highest BCUT2D eigenvalue weighted by Gasteiger charge is 2.20. The van der Waals surface area contributed by atoms with Crippen LogP contribution in [0.2, 0.25) is 0 Å². The second kappa shape index (κ2) is 16.7. The van der Waals surface area contributed by atoms with E-state index in [2.05, 4.69) is 42.7 Å². The minimum absolute atomic E-state index is 0.237. The van der Waals surface area contributed by atoms with Crippen LogP contribution in [0.3, 0.4) is 0 Å². The molecule has 0 saturated heterocycles. The summed E-state index contributed by atoms with van der Waals surface area (Å²) in [5.74, 6) is 5.67. The summed E-state index contributed by atoms with van der Waals surface area (Å²) in [7, 11) is 5.40. The van der Waals surface area contributed by atoms with E-state index in [0.29, 0.717) is 56.0 Å². The highest BCUT2D eigenvalue weighted by molar-refractivity contribution is 5.92. The molecule has 0 aliphatic rings. The lowest BCUT2D eigenvalue weighted by atomic mass is 10.2. The van der Waals surface area contributed by atoms with Crippen LogP contribution in [-0.2, 0) is 9.59 Å². The largest absolute Gasteiger partial charge is 0.369 e. The molecular formula is C27H36F2N8O2. The van der Waals surface area contributed by atoms with E-state index in [0.717, 1.165) is 0 Å². The number of nitrogens with zero attached hydrogens (tertiary/aromatic N) is 5. The summed E-state index contributed by atoms with van der Waals surface area (Å²) in [6.45, 7) is 2.62. The summed E-state index contributed by atoms with van der Waals surface area (Å²) in [4.78, 5) is 40.2. The number of nitrogens with one attached hydrogen (secondary N) is 3. The van der Waals surface area contributed by atoms with E-state index in [1.165, 1.54) is 29.3 Å². The smallest absolute Gasteiger partial charge is 0.246 e. The molecule has 2 amide bonds. The highest BCUT2D eigenvalue weighted by Crippen LogP contribution is 2.17. The topological polar surface area (TPSA) is 115 Å². The first-order valence-corrected chi connectivity index (χ1v) is 12.6. The molecule has 0 spiro atoms. The number of aromatic nitrogens is 3. The zero-order chi connectivity index (χ0) is 28.6. The summed E-state index contributed by atoms with van der Waals surface area (Å²) in [5.41, 5.74) is 1.05. The Balaban J connectivity index is 1.89. The molecule has 2 aromatic rings. The van der Waals surface area contributed by atoms with Gasteiger partial charge in [-0.2, -0.15) is 9.37 Å². The Labute approximate surface area is 228 Å². The molecule has 0 unspecified atom stereocenters. The van der Waals surface area contributed by atoms with Crippen molar-refractivity contribution in [3.63, 3.8) is 0 Å². The second-order valence-corrected chi connectivity index (χ2v) is 8.91. The van der Waals surface area contributed by atoms with Crippen molar-refractivity contribution < 1.29 is 18.4 Å². The molecule has 39 heavy (non-hydrogen) atoms. The van der Waals surface area contributed by atoms with E-state index < -0.39 is 18.7 Å². The van der Waals surface area contributed by atoms with Gasteiger partial charge in [-0.1, -0.05) is 17.9 Å². The van der Waals surface area contributed by atoms with Gasteiger partial charge < -0.3 is 25.8 Å². The number of hydrogen-bond donors (Lipinski definition) is 3. The first-order valence-electron chi connectivity index (χ1n) is 12.6. The van der Waals surface area contributed by atoms with Crippen LogP contribution in [0.15, 0.2) is 36.7 Å². The lowest BCUT2D eigenvalue weighted by Gasteiger charge is -2.23. The molecule has 2 aromatic heterocycles. The van der Waals surface area contributed by atoms with Gasteiger partial charge in [0.05, 0.1) is 30.3 Å². The zero-order valence-electron chi connectivity index (χ0n) is 22.8. The average Bonchev–Trinajstić information content (AvgIpc) is 2.91. The lowest BCUT2D eigenvalue weighted by molar-refractivity contribution is -0.135. The van der Waals surface area contributed by atoms with E-state index in [1.54, 1.807) is 26.2 Å². The third kappa shape index (κ3) is 11.4. The molecule has 0 radical (unpaired) electrons. The van der Waals surface area contributed by atoms with Crippen molar-refractivity contribution in [3.8, 4) is 11.8 Å². The Kier molecular flexibility index (Phi) is 13.3. The van der Waals surface area contributed by atoms with Crippen molar-refractivity contribution >= 4 is 29.3 Å². The van der Waals surface area contributed by atoms with E-state index in [9.17, 15) is 18.4 Å². The van der Waals surface area contributed by atoms with Gasteiger partial charge in [-0.15, -0.1) is 0 Å². The third-order valence-corrected chi connectivity index (χ3v) is 5.41. The number of amides is 2. The van der Waals surface area contributed by atoms with Gasteiger partial charge >= 0.3 is 0 Å². The van der Waals surface area contributed by atoms with Gasteiger partial charge in [-0.3, -0.25) is 14.0 Å². The molecule has 0 aliphatic heterocycles. The van der Waals surface area contributed by atoms with Crippen LogP contribution in [0, 0.1) is 17.8 Å². The van der Waals surface area contributed by atoms with Crippen LogP contribution in [0.25, 0.3) is 0 Å². The minimum atomic E-state index is -0.611. The Morgan fingerprint density at radius 2 is 1.92 bits per heavy atom. The molecule has 0 bridgehead atoms. The van der Waals surface area contributed by atoms with E-state index in [1.807, 2.05) is 19.0 Å². The van der Waals surface area contributed by atoms with Crippen LogP contribution in [0.5, 0.6) is 0 Å². The van der Waals surface area contributed by atoms with Crippen molar-refractivity contribution in [1.29, 1.82) is 0 Å². The van der Waals surface area contributed by atoms with Gasteiger partial charge in [0.25, 0.3) is 0 Å². The quantitative estimate of drug-likeness (QED) is 0.145. The SMILES string of the molecule is C[C@@H](C(=O)NCCCC#Cc1cnc(Nc2ccc(F)nc2)nc1NCCCF)N(C)C(=O)C=CCN(C)C. The van der Waals surface area contributed by atoms with Crippen molar-refractivity contribution in [1.82, 2.24) is 30.1 Å². The van der Waals surface area contributed by atoms with Gasteiger partial charge in [0.15, 0.2) is 0 Å². The standard InChI is InChI=1S/C27H36F2N8O2/c1-20(37(4)24(38)11-8-17-36(2)3)26(39)31-15-7-5-6-10-21-18-33-27(35-25(21)30-16-9-14-28)34-22-12-13-23(29)32-19-22/h8,11-13,18-20H,5,7,9,14-17H2,1-4H3,(H,31,39)(H2,30,33,34,35)/t20-/m0/s1. The Bertz CT molecular complexity index is 1160. The van der Waals surface area contributed by atoms with Gasteiger partial charge in [-0.25, -0.2) is 9.97 Å². The van der Waals surface area contributed by atoms with Gasteiger partial charge in [0.1, 0.15) is 11.9 Å². The summed E-state index contributed by atoms with van der Waals surface area (Å²) < 4.78 is 25.6. The van der Waals surface area contributed by atoms with Crippen LogP contribution in [0.1, 0.15) is 31.7 Å². The Morgan fingerprint density at radius 1 is 1.13 bits per heavy atom. The van der Waals surface area contributed by atoms with Crippen LogP contribution in [0.4, 0.5) is 26.2 Å². The molecule has 0 aromatic carbocycles. The predicted molar refractivity (Wildman–Crippen MR) is 148 cm³/mol. The molecule has 3 N–H and O–H groups in total. The molecule has 12 heteroatoms. The number of anilines is 3. The Hall–Kier alpha value is -4.11. The zero-order valence-corrected chi connectivity index (χ0v) is 22.8. The first kappa shape index (κ1) is 31.1. The molecule has 210 valence electrons. The number of pyridine rings is 1. The number of alkyl halides is 1. The maximum Gasteiger partial charge on any atom is 0.246 e. The van der Waals surface area contributed by atoms with Gasteiger partial charge in [0, 0.05) is 39.2 Å². The summed E-state index contributed by atoms with van der Waals surface area (Å²) in [6, 6.07) is 2.11. The first-order chi connectivity index (χ1) is 18.7. The van der Waals surface area contributed by atoms with Gasteiger partial charge in [-0.05, 0) is 46.0 Å². The summed E-state index contributed by atoms with van der Waals surface area (Å²) in [5, 5.41) is 8.83. The monoisotopic (exact) mass is 542 g/mol. The number of likely N-dealkylation sites (N-methyl/N-ethyl adjacent to an activating group) is 2. The number of carbonyl (C=O) groups is 2. The molecule has 2 heterocycles. The Morgan fingerprint density at radius 3 is 2.62 bits per heavy atom. The molecular weight excluding hydrogens is 506 g/mol. The molecule has 2 rings (SSSR count). The molecule has 1 atom stereocenters. The van der Waals surface area contributed by atoms with Crippen molar-refractivity contribution in [2.45, 2.75) is 32.2 Å². The van der Waals surface area contributed by atoms with Crippen LogP contribution in [-0.4, -0.2) is 90.1 Å². The maximum atomic E-state index is 13.0.